The zero-order valence-corrected chi connectivity index (χ0v) is 11.6. The van der Waals surface area contributed by atoms with Crippen LogP contribution in [-0.2, 0) is 5.41 Å². The molecule has 2 unspecified atom stereocenters. The Morgan fingerprint density at radius 2 is 1.56 bits per heavy atom. The maximum atomic E-state index is 12.4. The van der Waals surface area contributed by atoms with Crippen molar-refractivity contribution in [3.63, 3.8) is 0 Å². The molecule has 96 valence electrons. The molecule has 0 amide bonds. The number of Topliss-reactive ketones (excluding diaryl/α,β-unsaturated/α-hetero) is 1. The third-order valence-electron chi connectivity index (χ3n) is 4.65. The van der Waals surface area contributed by atoms with Crippen molar-refractivity contribution in [2.24, 2.45) is 17.8 Å². The lowest BCUT2D eigenvalue weighted by Crippen LogP contribution is -2.14. The van der Waals surface area contributed by atoms with E-state index in [4.69, 9.17) is 0 Å². The topological polar surface area (TPSA) is 17.1 Å². The maximum Gasteiger partial charge on any atom is 0.165 e. The molecule has 0 N–H and O–H groups in total. The van der Waals surface area contributed by atoms with E-state index in [-0.39, 0.29) is 5.41 Å². The number of benzene rings is 1. The van der Waals surface area contributed by atoms with Crippen LogP contribution in [0.4, 0.5) is 0 Å². The Balaban J connectivity index is 1.74. The van der Waals surface area contributed by atoms with Crippen molar-refractivity contribution >= 4 is 5.78 Å². The Morgan fingerprint density at radius 3 is 2.06 bits per heavy atom. The zero-order chi connectivity index (χ0) is 12.9. The van der Waals surface area contributed by atoms with Crippen LogP contribution in [0, 0.1) is 17.8 Å². The molecule has 0 radical (unpaired) electrons. The summed E-state index contributed by atoms with van der Waals surface area (Å²) in [6.45, 7) is 6.61. The number of fused-ring (bicyclic) bond motifs is 1. The monoisotopic (exact) mass is 242 g/mol. The summed E-state index contributed by atoms with van der Waals surface area (Å²) in [5.74, 6) is 2.46. The van der Waals surface area contributed by atoms with Crippen LogP contribution in [0.2, 0.25) is 0 Å². The molecule has 0 saturated heterocycles. The summed E-state index contributed by atoms with van der Waals surface area (Å²) in [5.41, 5.74) is 2.37. The second-order valence-corrected chi connectivity index (χ2v) is 7.12. The highest BCUT2D eigenvalue weighted by Crippen LogP contribution is 2.54. The highest BCUT2D eigenvalue weighted by molar-refractivity contribution is 5.98. The summed E-state index contributed by atoms with van der Waals surface area (Å²) in [5, 5.41) is 0. The van der Waals surface area contributed by atoms with Crippen LogP contribution < -0.4 is 0 Å². The normalized spacial score (nSPS) is 30.1. The van der Waals surface area contributed by atoms with E-state index in [2.05, 4.69) is 32.9 Å². The summed E-state index contributed by atoms with van der Waals surface area (Å²) in [7, 11) is 0. The van der Waals surface area contributed by atoms with Gasteiger partial charge in [-0.1, -0.05) is 45.0 Å². The number of hydrogen-bond donors (Lipinski definition) is 0. The Hall–Kier alpha value is -1.11. The number of ketones is 1. The third-order valence-corrected chi connectivity index (χ3v) is 4.65. The maximum absolute atomic E-state index is 12.4. The van der Waals surface area contributed by atoms with Gasteiger partial charge in [-0.25, -0.2) is 0 Å². The molecule has 2 atom stereocenters. The molecule has 0 heterocycles. The van der Waals surface area contributed by atoms with Crippen molar-refractivity contribution in [2.75, 3.05) is 0 Å². The summed E-state index contributed by atoms with van der Waals surface area (Å²) in [6, 6.07) is 8.27. The van der Waals surface area contributed by atoms with Gasteiger partial charge in [0, 0.05) is 11.5 Å². The standard InChI is InChI=1S/C17H22O/c1-17(2,3)15-6-4-11(5-7-15)16(18)14-9-12-8-13(12)10-14/h4-7,12-14H,8-10H2,1-3H3. The molecule has 1 nitrogen and oxygen atoms in total. The first-order valence-electron chi connectivity index (χ1n) is 7.10. The summed E-state index contributed by atoms with van der Waals surface area (Å²) >= 11 is 0. The van der Waals surface area contributed by atoms with E-state index in [1.165, 1.54) is 12.0 Å². The Labute approximate surface area is 110 Å². The Kier molecular flexibility index (Phi) is 2.62. The predicted molar refractivity (Wildman–Crippen MR) is 73.8 cm³/mol. The molecule has 0 aliphatic heterocycles. The smallest absolute Gasteiger partial charge is 0.165 e. The van der Waals surface area contributed by atoms with Gasteiger partial charge in [-0.3, -0.25) is 4.79 Å². The van der Waals surface area contributed by atoms with Crippen LogP contribution in [0.5, 0.6) is 0 Å². The van der Waals surface area contributed by atoms with Crippen molar-refractivity contribution in [3.05, 3.63) is 35.4 Å². The van der Waals surface area contributed by atoms with Gasteiger partial charge in [0.2, 0.25) is 0 Å². The average molecular weight is 242 g/mol. The van der Waals surface area contributed by atoms with E-state index < -0.39 is 0 Å². The van der Waals surface area contributed by atoms with Crippen molar-refractivity contribution < 1.29 is 4.79 Å². The highest BCUT2D eigenvalue weighted by atomic mass is 16.1. The van der Waals surface area contributed by atoms with Crippen LogP contribution in [0.1, 0.15) is 56.0 Å². The Morgan fingerprint density at radius 1 is 1.00 bits per heavy atom. The highest BCUT2D eigenvalue weighted by Gasteiger charge is 2.47. The lowest BCUT2D eigenvalue weighted by molar-refractivity contribution is 0.0914. The van der Waals surface area contributed by atoms with Crippen molar-refractivity contribution in [2.45, 2.75) is 45.4 Å². The third kappa shape index (κ3) is 2.11. The van der Waals surface area contributed by atoms with E-state index in [1.54, 1.807) is 0 Å². The van der Waals surface area contributed by atoms with Crippen molar-refractivity contribution in [1.29, 1.82) is 0 Å². The molecule has 0 aromatic heterocycles. The number of carbonyl (C=O) groups is 1. The summed E-state index contributed by atoms with van der Waals surface area (Å²) in [6.07, 6.45) is 3.67. The molecule has 1 aromatic rings. The van der Waals surface area contributed by atoms with E-state index in [1.807, 2.05) is 12.1 Å². The first-order valence-corrected chi connectivity index (χ1v) is 7.10. The second kappa shape index (κ2) is 3.94. The molecule has 18 heavy (non-hydrogen) atoms. The van der Waals surface area contributed by atoms with E-state index >= 15 is 0 Å². The molecule has 2 saturated carbocycles. The molecule has 3 rings (SSSR count). The van der Waals surface area contributed by atoms with Gasteiger partial charge in [-0.05, 0) is 42.1 Å². The van der Waals surface area contributed by atoms with Crippen LogP contribution in [0.25, 0.3) is 0 Å². The summed E-state index contributed by atoms with van der Waals surface area (Å²) in [4.78, 5) is 12.4. The average Bonchev–Trinajstić information content (AvgIpc) is 2.94. The molecule has 1 heteroatoms. The fourth-order valence-corrected chi connectivity index (χ4v) is 3.30. The molecule has 1 aromatic carbocycles. The Bertz CT molecular complexity index is 453. The largest absolute Gasteiger partial charge is 0.294 e. The van der Waals surface area contributed by atoms with Gasteiger partial charge in [-0.15, -0.1) is 0 Å². The van der Waals surface area contributed by atoms with Gasteiger partial charge in [0.1, 0.15) is 0 Å². The van der Waals surface area contributed by atoms with Gasteiger partial charge in [-0.2, -0.15) is 0 Å². The van der Waals surface area contributed by atoms with Gasteiger partial charge in [0.05, 0.1) is 0 Å². The molecule has 0 spiro atoms. The van der Waals surface area contributed by atoms with Gasteiger partial charge in [0.25, 0.3) is 0 Å². The van der Waals surface area contributed by atoms with Crippen molar-refractivity contribution in [1.82, 2.24) is 0 Å². The molecular formula is C17H22O. The van der Waals surface area contributed by atoms with Crippen LogP contribution in [0.15, 0.2) is 24.3 Å². The van der Waals surface area contributed by atoms with E-state index in [9.17, 15) is 4.79 Å². The minimum atomic E-state index is 0.163. The quantitative estimate of drug-likeness (QED) is 0.710. The number of carbonyl (C=O) groups excluding carboxylic acids is 1. The minimum absolute atomic E-state index is 0.163. The lowest BCUT2D eigenvalue weighted by atomic mass is 9.85. The molecule has 2 aliphatic carbocycles. The van der Waals surface area contributed by atoms with E-state index in [0.717, 1.165) is 30.2 Å². The lowest BCUT2D eigenvalue weighted by Gasteiger charge is -2.19. The van der Waals surface area contributed by atoms with Crippen LogP contribution in [-0.4, -0.2) is 5.78 Å². The fraction of sp³-hybridized carbons (Fsp3) is 0.588. The molecular weight excluding hydrogens is 220 g/mol. The predicted octanol–water partition coefficient (Wildman–Crippen LogP) is 4.21. The van der Waals surface area contributed by atoms with Gasteiger partial charge in [0.15, 0.2) is 5.78 Å². The number of rotatable bonds is 2. The first kappa shape index (κ1) is 12.0. The van der Waals surface area contributed by atoms with Gasteiger partial charge < -0.3 is 0 Å². The van der Waals surface area contributed by atoms with Crippen LogP contribution in [0.3, 0.4) is 0 Å². The van der Waals surface area contributed by atoms with Crippen LogP contribution >= 0.6 is 0 Å². The zero-order valence-electron chi connectivity index (χ0n) is 11.6. The van der Waals surface area contributed by atoms with Gasteiger partial charge >= 0.3 is 0 Å². The fourth-order valence-electron chi connectivity index (χ4n) is 3.30. The van der Waals surface area contributed by atoms with Crippen molar-refractivity contribution in [3.8, 4) is 0 Å². The number of hydrogen-bond acceptors (Lipinski definition) is 1. The minimum Gasteiger partial charge on any atom is -0.294 e. The summed E-state index contributed by atoms with van der Waals surface area (Å²) < 4.78 is 0. The second-order valence-electron chi connectivity index (χ2n) is 7.12. The SMILES string of the molecule is CC(C)(C)c1ccc(C(=O)C2CC3CC3C2)cc1. The first-order chi connectivity index (χ1) is 8.45. The molecule has 2 aliphatic rings. The molecule has 0 bridgehead atoms. The van der Waals surface area contributed by atoms with E-state index in [0.29, 0.717) is 11.7 Å². The molecule has 2 fully saturated rings.